The molecule has 26 heavy (non-hydrogen) atoms. The average Bonchev–Trinajstić information content (AvgIpc) is 2.58. The lowest BCUT2D eigenvalue weighted by molar-refractivity contribution is -0.274. The number of hydrogen-bond acceptors (Lipinski definition) is 4. The minimum absolute atomic E-state index is 0.198. The van der Waals surface area contributed by atoms with E-state index in [1.54, 1.807) is 12.1 Å². The molecule has 0 fully saturated rings. The summed E-state index contributed by atoms with van der Waals surface area (Å²) in [7, 11) is 0. The molecule has 0 saturated heterocycles. The first-order valence-electron chi connectivity index (χ1n) is 7.76. The van der Waals surface area contributed by atoms with E-state index in [4.69, 9.17) is 21.1 Å². The Kier molecular flexibility index (Phi) is 7.93. The van der Waals surface area contributed by atoms with E-state index in [1.165, 1.54) is 36.0 Å². The summed E-state index contributed by atoms with van der Waals surface area (Å²) >= 11 is 7.64. The Bertz CT molecular complexity index is 680. The predicted octanol–water partition coefficient (Wildman–Crippen LogP) is 5.61. The molecule has 0 aromatic heterocycles. The molecule has 1 radical (unpaired) electrons. The van der Waals surface area contributed by atoms with Crippen LogP contribution in [0.15, 0.2) is 47.4 Å². The van der Waals surface area contributed by atoms with E-state index < -0.39 is 6.36 Å². The predicted molar refractivity (Wildman–Crippen MR) is 95.0 cm³/mol. The lowest BCUT2D eigenvalue weighted by atomic mass is 10.3. The van der Waals surface area contributed by atoms with E-state index in [2.05, 4.69) is 10.8 Å². The topological polar surface area (TPSA) is 27.7 Å². The van der Waals surface area contributed by atoms with Gasteiger partial charge < -0.3 is 14.2 Å². The molecular formula is C18H17ClF3O3S. The summed E-state index contributed by atoms with van der Waals surface area (Å²) in [5, 5.41) is 0.619. The van der Waals surface area contributed by atoms with Crippen LogP contribution < -0.4 is 9.47 Å². The summed E-state index contributed by atoms with van der Waals surface area (Å²) < 4.78 is 51.5. The molecule has 8 heteroatoms. The number of rotatable bonds is 9. The van der Waals surface area contributed by atoms with Crippen LogP contribution in [0.4, 0.5) is 13.2 Å². The van der Waals surface area contributed by atoms with Gasteiger partial charge in [-0.1, -0.05) is 17.7 Å². The Balaban J connectivity index is 1.86. The molecule has 0 N–H and O–H groups in total. The maximum absolute atomic E-state index is 12.2. The molecule has 3 nitrogen and oxygen atoms in total. The van der Waals surface area contributed by atoms with E-state index in [1.807, 2.05) is 13.0 Å². The van der Waals surface area contributed by atoms with Gasteiger partial charge in [0.2, 0.25) is 0 Å². The van der Waals surface area contributed by atoms with Crippen LogP contribution >= 0.6 is 23.4 Å². The Labute approximate surface area is 159 Å². The lowest BCUT2D eigenvalue weighted by Gasteiger charge is -2.18. The van der Waals surface area contributed by atoms with Crippen LogP contribution in [0.2, 0.25) is 5.02 Å². The second kappa shape index (κ2) is 9.94. The number of benzene rings is 2. The molecule has 2 aromatic carbocycles. The van der Waals surface area contributed by atoms with Gasteiger partial charge in [0.1, 0.15) is 24.2 Å². The summed E-state index contributed by atoms with van der Waals surface area (Å²) in [6, 6.07) is 13.5. The van der Waals surface area contributed by atoms with Crippen LogP contribution in [0.25, 0.3) is 0 Å². The quantitative estimate of drug-likeness (QED) is 0.506. The lowest BCUT2D eigenvalue weighted by Crippen LogP contribution is -2.24. The molecule has 141 valence electrons. The SMILES string of the molecule is CCOC(COc1ccc(OC(F)(F)F)cc1)CSc1cc[c]cc1Cl. The monoisotopic (exact) mass is 405 g/mol. The van der Waals surface area contributed by atoms with Crippen molar-refractivity contribution in [3.8, 4) is 11.5 Å². The number of thioether (sulfide) groups is 1. The highest BCUT2D eigenvalue weighted by Crippen LogP contribution is 2.28. The van der Waals surface area contributed by atoms with Gasteiger partial charge in [0.05, 0.1) is 5.02 Å². The van der Waals surface area contributed by atoms with Gasteiger partial charge in [0.15, 0.2) is 0 Å². The zero-order valence-corrected chi connectivity index (χ0v) is 15.5. The van der Waals surface area contributed by atoms with Crippen LogP contribution in [0, 0.1) is 6.07 Å². The molecule has 1 atom stereocenters. The Morgan fingerprint density at radius 2 is 1.85 bits per heavy atom. The second-order valence-corrected chi connectivity index (χ2v) is 6.54. The van der Waals surface area contributed by atoms with Crippen molar-refractivity contribution in [2.24, 2.45) is 0 Å². The van der Waals surface area contributed by atoms with Crippen molar-refractivity contribution in [3.05, 3.63) is 53.6 Å². The zero-order chi connectivity index (χ0) is 19.0. The van der Waals surface area contributed by atoms with Crippen molar-refractivity contribution in [3.63, 3.8) is 0 Å². The van der Waals surface area contributed by atoms with Crippen LogP contribution in [0.3, 0.4) is 0 Å². The maximum Gasteiger partial charge on any atom is 0.573 e. The smallest absolute Gasteiger partial charge is 0.491 e. The number of hydrogen-bond donors (Lipinski definition) is 0. The summed E-state index contributed by atoms with van der Waals surface area (Å²) in [6.07, 6.45) is -4.91. The van der Waals surface area contributed by atoms with E-state index in [0.29, 0.717) is 23.1 Å². The first kappa shape index (κ1) is 20.7. The summed E-state index contributed by atoms with van der Waals surface area (Å²) in [5.74, 6) is 0.756. The van der Waals surface area contributed by atoms with Crippen molar-refractivity contribution >= 4 is 23.4 Å². The third-order valence-corrected chi connectivity index (χ3v) is 4.73. The highest BCUT2D eigenvalue weighted by Gasteiger charge is 2.31. The number of halogens is 4. The molecule has 2 aromatic rings. The summed E-state index contributed by atoms with van der Waals surface area (Å²) in [4.78, 5) is 0.920. The van der Waals surface area contributed by atoms with E-state index in [0.717, 1.165) is 4.90 Å². The third-order valence-electron chi connectivity index (χ3n) is 3.10. The summed E-state index contributed by atoms with van der Waals surface area (Å²) in [6.45, 7) is 2.66. The number of ether oxygens (including phenoxy) is 3. The van der Waals surface area contributed by atoms with Crippen molar-refractivity contribution in [1.82, 2.24) is 0 Å². The minimum Gasteiger partial charge on any atom is -0.491 e. The van der Waals surface area contributed by atoms with E-state index in [9.17, 15) is 13.2 Å². The fourth-order valence-electron chi connectivity index (χ4n) is 2.00. The normalized spacial score (nSPS) is 12.7. The van der Waals surface area contributed by atoms with Gasteiger partial charge in [-0.15, -0.1) is 24.9 Å². The van der Waals surface area contributed by atoms with Gasteiger partial charge in [-0.25, -0.2) is 0 Å². The van der Waals surface area contributed by atoms with Gasteiger partial charge in [0, 0.05) is 17.3 Å². The van der Waals surface area contributed by atoms with Gasteiger partial charge in [-0.2, -0.15) is 0 Å². The van der Waals surface area contributed by atoms with Gasteiger partial charge in [-0.05, 0) is 49.4 Å². The first-order valence-corrected chi connectivity index (χ1v) is 9.12. The van der Waals surface area contributed by atoms with Gasteiger partial charge in [0.25, 0.3) is 0 Å². The van der Waals surface area contributed by atoms with Crippen molar-refractivity contribution in [2.75, 3.05) is 19.0 Å². The first-order chi connectivity index (χ1) is 12.4. The fourth-order valence-corrected chi connectivity index (χ4v) is 3.21. The van der Waals surface area contributed by atoms with E-state index in [-0.39, 0.29) is 18.5 Å². The summed E-state index contributed by atoms with van der Waals surface area (Å²) in [5.41, 5.74) is 0. The largest absolute Gasteiger partial charge is 0.573 e. The van der Waals surface area contributed by atoms with Crippen molar-refractivity contribution < 1.29 is 27.4 Å². The molecule has 0 aliphatic heterocycles. The maximum atomic E-state index is 12.2. The fraction of sp³-hybridized carbons (Fsp3) is 0.333. The van der Waals surface area contributed by atoms with Crippen LogP contribution in [-0.4, -0.2) is 31.4 Å². The standard InChI is InChI=1S/C18H17ClF3O3S/c1-2-23-15(12-26-17-6-4-3-5-16(17)19)11-24-13-7-9-14(10-8-13)25-18(20,21)22/h4-10,15H,2,11-12H2,1H3. The van der Waals surface area contributed by atoms with Crippen molar-refractivity contribution in [2.45, 2.75) is 24.3 Å². The van der Waals surface area contributed by atoms with Gasteiger partial charge >= 0.3 is 6.36 Å². The molecule has 0 bridgehead atoms. The zero-order valence-electron chi connectivity index (χ0n) is 13.9. The molecule has 2 rings (SSSR count). The average molecular weight is 406 g/mol. The van der Waals surface area contributed by atoms with E-state index >= 15 is 0 Å². The molecule has 0 amide bonds. The highest BCUT2D eigenvalue weighted by atomic mass is 35.5. The molecule has 0 spiro atoms. The third kappa shape index (κ3) is 7.35. The minimum atomic E-state index is -4.71. The second-order valence-electron chi connectivity index (χ2n) is 5.08. The Morgan fingerprint density at radius 3 is 2.46 bits per heavy atom. The molecule has 1 unspecified atom stereocenters. The molecular weight excluding hydrogens is 389 g/mol. The molecule has 0 saturated carbocycles. The van der Waals surface area contributed by atoms with Crippen LogP contribution in [0.1, 0.15) is 6.92 Å². The van der Waals surface area contributed by atoms with Crippen molar-refractivity contribution in [1.29, 1.82) is 0 Å². The highest BCUT2D eigenvalue weighted by molar-refractivity contribution is 7.99. The Hall–Kier alpha value is -1.57. The van der Waals surface area contributed by atoms with Gasteiger partial charge in [-0.3, -0.25) is 0 Å². The number of alkyl halides is 3. The van der Waals surface area contributed by atoms with Crippen LogP contribution in [-0.2, 0) is 4.74 Å². The molecule has 0 heterocycles. The Morgan fingerprint density at radius 1 is 1.15 bits per heavy atom. The van der Waals surface area contributed by atoms with Crippen LogP contribution in [0.5, 0.6) is 11.5 Å². The molecule has 0 aliphatic carbocycles. The molecule has 0 aliphatic rings.